The summed E-state index contributed by atoms with van der Waals surface area (Å²) in [7, 11) is -1.95. The highest BCUT2D eigenvalue weighted by Gasteiger charge is 2.26. The number of ether oxygens (including phenoxy) is 1. The minimum Gasteiger partial charge on any atom is -0.496 e. The largest absolute Gasteiger partial charge is 0.496 e. The van der Waals surface area contributed by atoms with Gasteiger partial charge in [-0.3, -0.25) is 13.7 Å². The molecule has 1 amide bonds. The van der Waals surface area contributed by atoms with Crippen molar-refractivity contribution in [1.82, 2.24) is 24.4 Å². The smallest absolute Gasteiger partial charge is 0.264 e. The molecule has 1 aromatic carbocycles. The number of anilines is 1. The van der Waals surface area contributed by atoms with E-state index in [4.69, 9.17) is 8.92 Å². The summed E-state index contributed by atoms with van der Waals surface area (Å²) in [6.45, 7) is 0. The standard InChI is InChI=1S/C22H24N6O5S/c1-32-19-11-18-14(13-27(26-18)15-5-7-16(8-6-15)33-34(2,30)31)10-17(19)22(29)25-21-12-23-20-4-3-9-24-28(20)21/h3-4,9-13,15-16H,5-8H2,1-2H3,(H,25,29). The number of hydrogen-bond acceptors (Lipinski definition) is 8. The Bertz CT molecular complexity index is 1470. The lowest BCUT2D eigenvalue weighted by molar-refractivity contribution is 0.102. The van der Waals surface area contributed by atoms with Crippen LogP contribution in [0.25, 0.3) is 16.6 Å². The molecule has 1 fully saturated rings. The Balaban J connectivity index is 1.37. The molecule has 0 atom stereocenters. The number of rotatable bonds is 6. The number of carbonyl (C=O) groups excluding carboxylic acids is 1. The summed E-state index contributed by atoms with van der Waals surface area (Å²) in [6, 6.07) is 7.19. The molecular formula is C22H24N6O5S. The number of nitrogens with zero attached hydrogens (tertiary/aromatic N) is 5. The van der Waals surface area contributed by atoms with Gasteiger partial charge in [-0.1, -0.05) is 0 Å². The number of imidazole rings is 1. The van der Waals surface area contributed by atoms with Gasteiger partial charge < -0.3 is 10.1 Å². The van der Waals surface area contributed by atoms with E-state index in [1.54, 1.807) is 41.2 Å². The van der Waals surface area contributed by atoms with E-state index in [0.717, 1.165) is 24.5 Å². The number of carbonyl (C=O) groups is 1. The van der Waals surface area contributed by atoms with Gasteiger partial charge >= 0.3 is 0 Å². The van der Waals surface area contributed by atoms with Crippen molar-refractivity contribution in [1.29, 1.82) is 0 Å². The first-order chi connectivity index (χ1) is 16.3. The van der Waals surface area contributed by atoms with Gasteiger partial charge in [-0.15, -0.1) is 0 Å². The molecule has 0 unspecified atom stereocenters. The van der Waals surface area contributed by atoms with Crippen LogP contribution in [0.4, 0.5) is 5.82 Å². The van der Waals surface area contributed by atoms with Gasteiger partial charge in [0.05, 0.1) is 42.8 Å². The third-order valence-corrected chi connectivity index (χ3v) is 6.56. The number of fused-ring (bicyclic) bond motifs is 2. The van der Waals surface area contributed by atoms with E-state index in [1.807, 2.05) is 10.9 Å². The molecule has 5 rings (SSSR count). The first kappa shape index (κ1) is 22.3. The molecule has 0 aliphatic heterocycles. The number of amides is 1. The van der Waals surface area contributed by atoms with Gasteiger partial charge in [0.25, 0.3) is 16.0 Å². The maximum absolute atomic E-state index is 13.1. The summed E-state index contributed by atoms with van der Waals surface area (Å²) in [4.78, 5) is 17.3. The number of hydrogen-bond donors (Lipinski definition) is 1. The zero-order valence-corrected chi connectivity index (χ0v) is 19.5. The van der Waals surface area contributed by atoms with E-state index < -0.39 is 10.1 Å². The molecule has 1 aliphatic carbocycles. The van der Waals surface area contributed by atoms with E-state index in [1.165, 1.54) is 7.11 Å². The molecule has 1 saturated carbocycles. The Labute approximate surface area is 195 Å². The number of nitrogens with one attached hydrogen (secondary N) is 1. The summed E-state index contributed by atoms with van der Waals surface area (Å²) in [5.74, 6) is 0.506. The molecule has 0 radical (unpaired) electrons. The highest BCUT2D eigenvalue weighted by atomic mass is 32.2. The Morgan fingerprint density at radius 1 is 1.21 bits per heavy atom. The first-order valence-corrected chi connectivity index (χ1v) is 12.7. The Morgan fingerprint density at radius 3 is 2.74 bits per heavy atom. The van der Waals surface area contributed by atoms with Crippen molar-refractivity contribution in [3.63, 3.8) is 0 Å². The van der Waals surface area contributed by atoms with E-state index in [-0.39, 0.29) is 18.1 Å². The van der Waals surface area contributed by atoms with Gasteiger partial charge in [-0.25, -0.2) is 4.98 Å². The normalized spacial score (nSPS) is 18.9. The van der Waals surface area contributed by atoms with Crippen LogP contribution in [0.2, 0.25) is 0 Å². The first-order valence-electron chi connectivity index (χ1n) is 10.9. The zero-order valence-electron chi connectivity index (χ0n) is 18.7. The highest BCUT2D eigenvalue weighted by Crippen LogP contribution is 2.33. The van der Waals surface area contributed by atoms with Crippen molar-refractivity contribution < 1.29 is 22.1 Å². The summed E-state index contributed by atoms with van der Waals surface area (Å²) in [6.07, 6.45) is 8.63. The fourth-order valence-electron chi connectivity index (χ4n) is 4.36. The zero-order chi connectivity index (χ0) is 23.9. The molecular weight excluding hydrogens is 460 g/mol. The summed E-state index contributed by atoms with van der Waals surface area (Å²) < 4.78 is 36.8. The quantitative estimate of drug-likeness (QED) is 0.414. The summed E-state index contributed by atoms with van der Waals surface area (Å²) in [5.41, 5.74) is 1.70. The van der Waals surface area contributed by atoms with Crippen LogP contribution in [0.5, 0.6) is 5.75 Å². The average Bonchev–Trinajstić information content (AvgIpc) is 3.41. The van der Waals surface area contributed by atoms with E-state index in [9.17, 15) is 13.2 Å². The van der Waals surface area contributed by atoms with Gasteiger partial charge in [0.1, 0.15) is 5.75 Å². The molecule has 4 aromatic rings. The molecule has 0 bridgehead atoms. The molecule has 0 saturated heterocycles. The predicted molar refractivity (Wildman–Crippen MR) is 124 cm³/mol. The number of benzene rings is 1. The number of methoxy groups -OCH3 is 1. The van der Waals surface area contributed by atoms with Crippen molar-refractivity contribution in [2.24, 2.45) is 0 Å². The second-order valence-corrected chi connectivity index (χ2v) is 9.94. The van der Waals surface area contributed by atoms with Gasteiger partial charge in [0.15, 0.2) is 11.5 Å². The van der Waals surface area contributed by atoms with Crippen LogP contribution < -0.4 is 10.1 Å². The minimum atomic E-state index is -3.46. The van der Waals surface area contributed by atoms with Crippen molar-refractivity contribution in [3.8, 4) is 5.75 Å². The third kappa shape index (κ3) is 4.46. The summed E-state index contributed by atoms with van der Waals surface area (Å²) in [5, 5.41) is 12.5. The molecule has 1 N–H and O–H groups in total. The fourth-order valence-corrected chi connectivity index (χ4v) is 5.04. The molecule has 11 nitrogen and oxygen atoms in total. The molecule has 3 heterocycles. The van der Waals surface area contributed by atoms with Crippen molar-refractivity contribution in [2.45, 2.75) is 37.8 Å². The monoisotopic (exact) mass is 484 g/mol. The Kier molecular flexibility index (Phi) is 5.70. The van der Waals surface area contributed by atoms with Gasteiger partial charge in [0.2, 0.25) is 0 Å². The van der Waals surface area contributed by atoms with E-state index in [0.29, 0.717) is 41.1 Å². The molecule has 12 heteroatoms. The van der Waals surface area contributed by atoms with Crippen LogP contribution in [0.1, 0.15) is 42.1 Å². The van der Waals surface area contributed by atoms with Gasteiger partial charge in [-0.05, 0) is 43.9 Å². The lowest BCUT2D eigenvalue weighted by Crippen LogP contribution is -2.25. The minimum absolute atomic E-state index is 0.124. The van der Waals surface area contributed by atoms with E-state index in [2.05, 4.69) is 20.5 Å². The van der Waals surface area contributed by atoms with Crippen molar-refractivity contribution >= 4 is 38.4 Å². The average molecular weight is 485 g/mol. The lowest BCUT2D eigenvalue weighted by atomic mass is 9.93. The predicted octanol–water partition coefficient (Wildman–Crippen LogP) is 2.80. The van der Waals surface area contributed by atoms with Crippen LogP contribution in [-0.4, -0.2) is 58.2 Å². The van der Waals surface area contributed by atoms with E-state index >= 15 is 0 Å². The van der Waals surface area contributed by atoms with Crippen LogP contribution in [0.15, 0.2) is 42.9 Å². The number of aromatic nitrogens is 5. The second-order valence-electron chi connectivity index (χ2n) is 8.34. The molecule has 0 spiro atoms. The van der Waals surface area contributed by atoms with Crippen LogP contribution >= 0.6 is 0 Å². The van der Waals surface area contributed by atoms with Crippen molar-refractivity contribution in [3.05, 3.63) is 48.4 Å². The van der Waals surface area contributed by atoms with Crippen molar-refractivity contribution in [2.75, 3.05) is 18.7 Å². The topological polar surface area (TPSA) is 130 Å². The van der Waals surface area contributed by atoms with Crippen LogP contribution in [-0.2, 0) is 14.3 Å². The van der Waals surface area contributed by atoms with Gasteiger partial charge in [0, 0.05) is 23.8 Å². The maximum Gasteiger partial charge on any atom is 0.264 e. The molecule has 34 heavy (non-hydrogen) atoms. The fraction of sp³-hybridized carbons (Fsp3) is 0.364. The van der Waals surface area contributed by atoms with Crippen LogP contribution in [0.3, 0.4) is 0 Å². The molecule has 1 aliphatic rings. The molecule has 178 valence electrons. The summed E-state index contributed by atoms with van der Waals surface area (Å²) >= 11 is 0. The lowest BCUT2D eigenvalue weighted by Gasteiger charge is -2.27. The molecule has 3 aromatic heterocycles. The Hall–Kier alpha value is -3.51. The second kappa shape index (κ2) is 8.69. The SMILES string of the molecule is COc1cc2nn(C3CCC(OS(C)(=O)=O)CC3)cc2cc1C(=O)Nc1cnc2cccnn12. The van der Waals surface area contributed by atoms with Crippen LogP contribution in [0, 0.1) is 0 Å². The maximum atomic E-state index is 13.1. The highest BCUT2D eigenvalue weighted by molar-refractivity contribution is 7.86. The third-order valence-electron chi connectivity index (χ3n) is 5.94. The Morgan fingerprint density at radius 2 is 2.00 bits per heavy atom. The van der Waals surface area contributed by atoms with Gasteiger partial charge in [-0.2, -0.15) is 23.1 Å².